The highest BCUT2D eigenvalue weighted by Gasteiger charge is 2.48. The molecule has 0 aliphatic carbocycles. The maximum absolute atomic E-state index is 13.2. The SMILES string of the molecule is CC(C)(C)C(=O)c1ccc2cc(C(C)(C)C(F)(F)F)ccc2c1. The molecule has 0 spiro atoms. The molecule has 2 aromatic rings. The minimum Gasteiger partial charge on any atom is -0.294 e. The van der Waals surface area contributed by atoms with E-state index in [4.69, 9.17) is 0 Å². The molecule has 0 aromatic heterocycles. The number of rotatable bonds is 2. The van der Waals surface area contributed by atoms with E-state index in [1.54, 1.807) is 30.3 Å². The number of ketones is 1. The van der Waals surface area contributed by atoms with Crippen molar-refractivity contribution < 1.29 is 18.0 Å². The van der Waals surface area contributed by atoms with Crippen LogP contribution in [0.1, 0.15) is 50.5 Å². The second-order valence-electron chi connectivity index (χ2n) is 7.48. The second-order valence-corrected chi connectivity index (χ2v) is 7.48. The van der Waals surface area contributed by atoms with E-state index < -0.39 is 17.0 Å². The van der Waals surface area contributed by atoms with Crippen molar-refractivity contribution in [3.8, 4) is 0 Å². The molecule has 0 fully saturated rings. The summed E-state index contributed by atoms with van der Waals surface area (Å²) in [5.74, 6) is 0.0131. The summed E-state index contributed by atoms with van der Waals surface area (Å²) in [5, 5.41) is 1.46. The van der Waals surface area contributed by atoms with Crippen LogP contribution in [0.3, 0.4) is 0 Å². The molecular formula is C19H21F3O. The Hall–Kier alpha value is -1.84. The van der Waals surface area contributed by atoms with Gasteiger partial charge < -0.3 is 0 Å². The van der Waals surface area contributed by atoms with Crippen LogP contribution in [0, 0.1) is 5.41 Å². The number of hydrogen-bond donors (Lipinski definition) is 0. The fraction of sp³-hybridized carbons (Fsp3) is 0.421. The van der Waals surface area contributed by atoms with Crippen molar-refractivity contribution in [1.82, 2.24) is 0 Å². The Labute approximate surface area is 134 Å². The summed E-state index contributed by atoms with van der Waals surface area (Å²) >= 11 is 0. The third-order valence-corrected chi connectivity index (χ3v) is 4.21. The summed E-state index contributed by atoms with van der Waals surface area (Å²) in [7, 11) is 0. The monoisotopic (exact) mass is 322 g/mol. The first kappa shape index (κ1) is 17.5. The van der Waals surface area contributed by atoms with Gasteiger partial charge in [-0.1, -0.05) is 51.1 Å². The Morgan fingerprint density at radius 2 is 1.35 bits per heavy atom. The van der Waals surface area contributed by atoms with Gasteiger partial charge in [0, 0.05) is 11.0 Å². The lowest BCUT2D eigenvalue weighted by atomic mass is 9.82. The van der Waals surface area contributed by atoms with Gasteiger partial charge in [-0.25, -0.2) is 0 Å². The van der Waals surface area contributed by atoms with Crippen LogP contribution >= 0.6 is 0 Å². The molecule has 0 N–H and O–H groups in total. The number of benzene rings is 2. The molecule has 0 saturated heterocycles. The molecule has 0 radical (unpaired) electrons. The van der Waals surface area contributed by atoms with Crippen LogP contribution in [0.5, 0.6) is 0 Å². The number of Topliss-reactive ketones (excluding diaryl/α,β-unsaturated/α-hetero) is 1. The van der Waals surface area contributed by atoms with Gasteiger partial charge in [-0.15, -0.1) is 0 Å². The number of carbonyl (C=O) groups excluding carboxylic acids is 1. The predicted octanol–water partition coefficient (Wildman–Crippen LogP) is 5.91. The van der Waals surface area contributed by atoms with E-state index in [1.807, 2.05) is 20.8 Å². The van der Waals surface area contributed by atoms with Crippen molar-refractivity contribution in [1.29, 1.82) is 0 Å². The number of halogens is 3. The van der Waals surface area contributed by atoms with Crippen LogP contribution in [0.4, 0.5) is 13.2 Å². The summed E-state index contributed by atoms with van der Waals surface area (Å²) in [6.07, 6.45) is -4.32. The molecule has 23 heavy (non-hydrogen) atoms. The molecule has 0 atom stereocenters. The molecule has 0 unspecified atom stereocenters. The smallest absolute Gasteiger partial charge is 0.294 e. The lowest BCUT2D eigenvalue weighted by molar-refractivity contribution is -0.180. The number of hydrogen-bond acceptors (Lipinski definition) is 1. The zero-order valence-corrected chi connectivity index (χ0v) is 14.0. The first-order valence-electron chi connectivity index (χ1n) is 7.50. The van der Waals surface area contributed by atoms with Crippen molar-refractivity contribution in [2.24, 2.45) is 5.41 Å². The van der Waals surface area contributed by atoms with Gasteiger partial charge in [0.05, 0.1) is 5.41 Å². The molecule has 0 saturated carbocycles. The number of fused-ring (bicyclic) bond motifs is 1. The van der Waals surface area contributed by atoms with E-state index in [-0.39, 0.29) is 11.3 Å². The highest BCUT2D eigenvalue weighted by Crippen LogP contribution is 2.41. The normalized spacial score (nSPS) is 13.4. The van der Waals surface area contributed by atoms with E-state index >= 15 is 0 Å². The maximum Gasteiger partial charge on any atom is 0.397 e. The second kappa shape index (κ2) is 5.36. The van der Waals surface area contributed by atoms with E-state index in [1.165, 1.54) is 19.9 Å². The van der Waals surface area contributed by atoms with Crippen LogP contribution in [0.25, 0.3) is 10.8 Å². The molecule has 0 bridgehead atoms. The first-order chi connectivity index (χ1) is 10.3. The Kier molecular flexibility index (Phi) is 4.08. The van der Waals surface area contributed by atoms with Gasteiger partial charge >= 0.3 is 6.18 Å². The number of alkyl halides is 3. The Morgan fingerprint density at radius 3 is 1.87 bits per heavy atom. The molecule has 0 aliphatic rings. The Bertz CT molecular complexity index is 749. The fourth-order valence-electron chi connectivity index (χ4n) is 2.37. The van der Waals surface area contributed by atoms with Crippen LogP contribution in [0.15, 0.2) is 36.4 Å². The summed E-state index contributed by atoms with van der Waals surface area (Å²) in [6.45, 7) is 7.87. The highest BCUT2D eigenvalue weighted by atomic mass is 19.4. The van der Waals surface area contributed by atoms with E-state index in [2.05, 4.69) is 0 Å². The molecule has 0 amide bonds. The van der Waals surface area contributed by atoms with Gasteiger partial charge in [0.2, 0.25) is 0 Å². The minimum atomic E-state index is -4.32. The molecule has 1 nitrogen and oxygen atoms in total. The van der Waals surface area contributed by atoms with Gasteiger partial charge in [0.15, 0.2) is 5.78 Å². The van der Waals surface area contributed by atoms with Crippen molar-refractivity contribution >= 4 is 16.6 Å². The minimum absolute atomic E-state index is 0.0131. The zero-order valence-electron chi connectivity index (χ0n) is 14.0. The van der Waals surface area contributed by atoms with Crippen LogP contribution in [-0.2, 0) is 5.41 Å². The molecular weight excluding hydrogens is 301 g/mol. The quantitative estimate of drug-likeness (QED) is 0.628. The van der Waals surface area contributed by atoms with Crippen LogP contribution < -0.4 is 0 Å². The molecule has 2 aromatic carbocycles. The molecule has 2 rings (SSSR count). The Morgan fingerprint density at radius 1 is 0.826 bits per heavy atom. The fourth-order valence-corrected chi connectivity index (χ4v) is 2.37. The molecule has 0 heterocycles. The molecule has 0 aliphatic heterocycles. The lowest BCUT2D eigenvalue weighted by Crippen LogP contribution is -2.36. The van der Waals surface area contributed by atoms with Gasteiger partial charge in [-0.05, 0) is 36.2 Å². The number of carbonyl (C=O) groups is 1. The van der Waals surface area contributed by atoms with Gasteiger partial charge in [0.1, 0.15) is 0 Å². The highest BCUT2D eigenvalue weighted by molar-refractivity contribution is 6.02. The van der Waals surface area contributed by atoms with Crippen molar-refractivity contribution in [2.75, 3.05) is 0 Å². The standard InChI is InChI=1S/C19H21F3O/c1-17(2,3)16(23)14-7-6-13-11-15(9-8-12(13)10-14)18(4,5)19(20,21)22/h6-11H,1-5H3. The van der Waals surface area contributed by atoms with Gasteiger partial charge in [-0.2, -0.15) is 13.2 Å². The van der Waals surface area contributed by atoms with Gasteiger partial charge in [-0.3, -0.25) is 4.79 Å². The average molecular weight is 322 g/mol. The first-order valence-corrected chi connectivity index (χ1v) is 7.50. The topological polar surface area (TPSA) is 17.1 Å². The third-order valence-electron chi connectivity index (χ3n) is 4.21. The summed E-state index contributed by atoms with van der Waals surface area (Å²) in [5.41, 5.74) is -1.62. The van der Waals surface area contributed by atoms with Crippen LogP contribution in [0.2, 0.25) is 0 Å². The molecule has 124 valence electrons. The summed E-state index contributed by atoms with van der Waals surface area (Å²) < 4.78 is 39.5. The summed E-state index contributed by atoms with van der Waals surface area (Å²) in [6, 6.07) is 9.82. The van der Waals surface area contributed by atoms with Crippen molar-refractivity contribution in [3.63, 3.8) is 0 Å². The van der Waals surface area contributed by atoms with Crippen molar-refractivity contribution in [2.45, 2.75) is 46.2 Å². The maximum atomic E-state index is 13.2. The average Bonchev–Trinajstić information content (AvgIpc) is 2.43. The largest absolute Gasteiger partial charge is 0.397 e. The summed E-state index contributed by atoms with van der Waals surface area (Å²) in [4.78, 5) is 12.3. The van der Waals surface area contributed by atoms with Gasteiger partial charge in [0.25, 0.3) is 0 Å². The third kappa shape index (κ3) is 3.26. The van der Waals surface area contributed by atoms with E-state index in [0.29, 0.717) is 10.9 Å². The molecule has 4 heteroatoms. The Balaban J connectivity index is 2.50. The lowest BCUT2D eigenvalue weighted by Gasteiger charge is -2.28. The zero-order chi connectivity index (χ0) is 17.6. The van der Waals surface area contributed by atoms with E-state index in [9.17, 15) is 18.0 Å². The van der Waals surface area contributed by atoms with Crippen molar-refractivity contribution in [3.05, 3.63) is 47.5 Å². The van der Waals surface area contributed by atoms with Crippen LogP contribution in [-0.4, -0.2) is 12.0 Å². The predicted molar refractivity (Wildman–Crippen MR) is 86.8 cm³/mol. The van der Waals surface area contributed by atoms with E-state index in [0.717, 1.165) is 5.39 Å².